The predicted molar refractivity (Wildman–Crippen MR) is 53.6 cm³/mol. The van der Waals surface area contributed by atoms with E-state index < -0.39 is 5.43 Å². The first-order valence-corrected chi connectivity index (χ1v) is 4.36. The Balaban J connectivity index is 2.46. The Hall–Kier alpha value is -1.61. The number of aromatic nitrogens is 1. The van der Waals surface area contributed by atoms with E-state index in [1.165, 1.54) is 0 Å². The summed E-state index contributed by atoms with van der Waals surface area (Å²) in [5.74, 6) is 0.212. The molecule has 0 saturated heterocycles. The number of hydrogen-bond acceptors (Lipinski definition) is 3. The summed E-state index contributed by atoms with van der Waals surface area (Å²) in [4.78, 5) is 14.5. The lowest BCUT2D eigenvalue weighted by molar-refractivity contribution is 0.224. The van der Waals surface area contributed by atoms with Crippen LogP contribution < -0.4 is 4.74 Å². The fraction of sp³-hybridized carbons (Fsp3) is 0. The number of halogens is 1. The lowest BCUT2D eigenvalue weighted by Crippen LogP contribution is -1.97. The molecule has 0 amide bonds. The number of hydrogen-bond donors (Lipinski definition) is 0. The monoisotopic (exact) mass is 207 g/mol. The van der Waals surface area contributed by atoms with Crippen LogP contribution in [0.3, 0.4) is 0 Å². The summed E-state index contributed by atoms with van der Waals surface area (Å²) in [5.41, 5.74) is -0.115. The van der Waals surface area contributed by atoms with Crippen molar-refractivity contribution in [1.29, 1.82) is 0 Å². The summed E-state index contributed by atoms with van der Waals surface area (Å²) in [5, 5.41) is 0.988. The van der Waals surface area contributed by atoms with Crippen LogP contribution in [0.4, 0.5) is 4.79 Å². The van der Waals surface area contributed by atoms with Crippen LogP contribution >= 0.6 is 11.6 Å². The molecule has 0 saturated carbocycles. The Labute approximate surface area is 85.3 Å². The van der Waals surface area contributed by atoms with Gasteiger partial charge in [-0.25, -0.2) is 9.78 Å². The van der Waals surface area contributed by atoms with Gasteiger partial charge in [0, 0.05) is 23.1 Å². The largest absolute Gasteiger partial charge is 0.410 e. The molecule has 2 aromatic rings. The van der Waals surface area contributed by atoms with Crippen LogP contribution in [0.25, 0.3) is 10.9 Å². The standard InChI is InChI=1S/C10H6ClNO2/c11-10(13)14-9-6-5-7-3-1-2-4-8(7)12-9/h1-6H. The van der Waals surface area contributed by atoms with Crippen molar-refractivity contribution in [2.45, 2.75) is 0 Å². The minimum absolute atomic E-state index is 0.212. The Morgan fingerprint density at radius 3 is 2.79 bits per heavy atom. The number of pyridine rings is 1. The molecule has 2 rings (SSSR count). The van der Waals surface area contributed by atoms with Crippen LogP contribution in [0.1, 0.15) is 0 Å². The van der Waals surface area contributed by atoms with Crippen molar-refractivity contribution < 1.29 is 9.53 Å². The number of nitrogens with zero attached hydrogens (tertiary/aromatic N) is 1. The lowest BCUT2D eigenvalue weighted by atomic mass is 10.2. The number of carbonyl (C=O) groups excluding carboxylic acids is 1. The highest BCUT2D eigenvalue weighted by Crippen LogP contribution is 2.16. The van der Waals surface area contributed by atoms with Gasteiger partial charge in [0.25, 0.3) is 0 Å². The fourth-order valence-electron chi connectivity index (χ4n) is 1.19. The summed E-state index contributed by atoms with van der Waals surface area (Å²) in [7, 11) is 0. The van der Waals surface area contributed by atoms with Gasteiger partial charge in [-0.2, -0.15) is 0 Å². The normalized spacial score (nSPS) is 10.1. The second-order valence-electron chi connectivity index (χ2n) is 2.68. The smallest absolute Gasteiger partial charge is 0.395 e. The molecule has 0 aliphatic carbocycles. The van der Waals surface area contributed by atoms with E-state index in [2.05, 4.69) is 9.72 Å². The summed E-state index contributed by atoms with van der Waals surface area (Å²) < 4.78 is 4.64. The van der Waals surface area contributed by atoms with E-state index in [-0.39, 0.29) is 5.88 Å². The number of fused-ring (bicyclic) bond motifs is 1. The van der Waals surface area contributed by atoms with E-state index in [0.29, 0.717) is 0 Å². The molecule has 1 aromatic carbocycles. The Morgan fingerprint density at radius 1 is 1.21 bits per heavy atom. The first-order valence-electron chi connectivity index (χ1n) is 3.99. The molecule has 0 N–H and O–H groups in total. The summed E-state index contributed by atoms with van der Waals surface area (Å²) in [6, 6.07) is 11.0. The van der Waals surface area contributed by atoms with E-state index in [1.54, 1.807) is 6.07 Å². The Kier molecular flexibility index (Phi) is 2.33. The SMILES string of the molecule is O=C(Cl)Oc1ccc2ccccc2n1. The van der Waals surface area contributed by atoms with Gasteiger partial charge in [0.2, 0.25) is 5.88 Å². The van der Waals surface area contributed by atoms with Gasteiger partial charge >= 0.3 is 5.43 Å². The van der Waals surface area contributed by atoms with Gasteiger partial charge in [-0.05, 0) is 12.1 Å². The van der Waals surface area contributed by atoms with E-state index in [0.717, 1.165) is 10.9 Å². The summed E-state index contributed by atoms with van der Waals surface area (Å²) in [6.45, 7) is 0. The summed E-state index contributed by atoms with van der Waals surface area (Å²) in [6.07, 6.45) is 0. The first-order chi connectivity index (χ1) is 6.75. The van der Waals surface area contributed by atoms with Crippen molar-refractivity contribution in [3.8, 4) is 5.88 Å². The van der Waals surface area contributed by atoms with Crippen molar-refractivity contribution in [2.75, 3.05) is 0 Å². The minimum Gasteiger partial charge on any atom is -0.395 e. The van der Waals surface area contributed by atoms with Crippen LogP contribution in [-0.2, 0) is 0 Å². The third-order valence-corrected chi connectivity index (χ3v) is 1.83. The maximum atomic E-state index is 10.5. The molecule has 0 bridgehead atoms. The van der Waals surface area contributed by atoms with E-state index >= 15 is 0 Å². The molecule has 70 valence electrons. The molecule has 1 aromatic heterocycles. The molecule has 14 heavy (non-hydrogen) atoms. The van der Waals surface area contributed by atoms with Crippen LogP contribution in [0.5, 0.6) is 5.88 Å². The van der Waals surface area contributed by atoms with Gasteiger partial charge in [-0.15, -0.1) is 0 Å². The molecule has 0 aliphatic heterocycles. The van der Waals surface area contributed by atoms with Crippen molar-refractivity contribution >= 4 is 27.9 Å². The Bertz CT molecular complexity index is 484. The average molecular weight is 208 g/mol. The fourth-order valence-corrected chi connectivity index (χ4v) is 1.27. The summed E-state index contributed by atoms with van der Waals surface area (Å²) >= 11 is 5.06. The quantitative estimate of drug-likeness (QED) is 0.675. The van der Waals surface area contributed by atoms with Gasteiger partial charge in [-0.1, -0.05) is 18.2 Å². The van der Waals surface area contributed by atoms with E-state index in [1.807, 2.05) is 30.3 Å². The van der Waals surface area contributed by atoms with Crippen molar-refractivity contribution in [2.24, 2.45) is 0 Å². The number of rotatable bonds is 1. The van der Waals surface area contributed by atoms with Gasteiger partial charge in [-0.3, -0.25) is 0 Å². The number of benzene rings is 1. The molecule has 0 aliphatic rings. The van der Waals surface area contributed by atoms with Crippen LogP contribution in [0.2, 0.25) is 0 Å². The second-order valence-corrected chi connectivity index (χ2v) is 2.99. The highest BCUT2D eigenvalue weighted by molar-refractivity contribution is 6.61. The molecule has 3 nitrogen and oxygen atoms in total. The zero-order chi connectivity index (χ0) is 9.97. The Morgan fingerprint density at radius 2 is 2.00 bits per heavy atom. The lowest BCUT2D eigenvalue weighted by Gasteiger charge is -2.00. The molecular weight excluding hydrogens is 202 g/mol. The van der Waals surface area contributed by atoms with Crippen molar-refractivity contribution in [3.05, 3.63) is 36.4 Å². The number of ether oxygens (including phenoxy) is 1. The highest BCUT2D eigenvalue weighted by atomic mass is 35.5. The number of carbonyl (C=O) groups is 1. The first kappa shape index (κ1) is 8.97. The minimum atomic E-state index is -0.882. The zero-order valence-electron chi connectivity index (χ0n) is 7.11. The van der Waals surface area contributed by atoms with Gasteiger partial charge in [0.15, 0.2) is 0 Å². The molecule has 0 spiro atoms. The molecule has 0 unspecified atom stereocenters. The average Bonchev–Trinajstić information content (AvgIpc) is 2.17. The maximum absolute atomic E-state index is 10.5. The van der Waals surface area contributed by atoms with Crippen LogP contribution in [0.15, 0.2) is 36.4 Å². The maximum Gasteiger partial charge on any atom is 0.410 e. The predicted octanol–water partition coefficient (Wildman–Crippen LogP) is 2.97. The zero-order valence-corrected chi connectivity index (χ0v) is 7.86. The van der Waals surface area contributed by atoms with Crippen LogP contribution in [0, 0.1) is 0 Å². The molecule has 0 fully saturated rings. The van der Waals surface area contributed by atoms with E-state index in [9.17, 15) is 4.79 Å². The van der Waals surface area contributed by atoms with Gasteiger partial charge in [0.1, 0.15) is 0 Å². The molecule has 1 heterocycles. The van der Waals surface area contributed by atoms with Gasteiger partial charge in [0.05, 0.1) is 5.52 Å². The third-order valence-electron chi connectivity index (χ3n) is 1.76. The third kappa shape index (κ3) is 1.83. The highest BCUT2D eigenvalue weighted by Gasteiger charge is 2.01. The topological polar surface area (TPSA) is 39.2 Å². The number of para-hydroxylation sites is 1. The van der Waals surface area contributed by atoms with Crippen molar-refractivity contribution in [3.63, 3.8) is 0 Å². The van der Waals surface area contributed by atoms with Crippen LogP contribution in [-0.4, -0.2) is 10.4 Å². The van der Waals surface area contributed by atoms with E-state index in [4.69, 9.17) is 11.6 Å². The molecule has 0 atom stereocenters. The van der Waals surface area contributed by atoms with Gasteiger partial charge < -0.3 is 4.74 Å². The molecular formula is C10H6ClNO2. The molecule has 4 heteroatoms. The molecule has 0 radical (unpaired) electrons. The second kappa shape index (κ2) is 3.64. The van der Waals surface area contributed by atoms with Crippen molar-refractivity contribution in [1.82, 2.24) is 4.98 Å².